The zero-order valence-electron chi connectivity index (χ0n) is 10.9. The van der Waals surface area contributed by atoms with Crippen LogP contribution in [-0.2, 0) is 22.4 Å². The van der Waals surface area contributed by atoms with Gasteiger partial charge in [-0.2, -0.15) is 0 Å². The Balaban J connectivity index is 1.73. The highest BCUT2D eigenvalue weighted by atomic mass is 16.5. The number of hydrogen-bond donors (Lipinski definition) is 1. The van der Waals surface area contributed by atoms with E-state index in [4.69, 9.17) is 9.84 Å². The maximum atomic E-state index is 11.0. The first-order chi connectivity index (χ1) is 9.24. The molecule has 2 aliphatic rings. The number of ether oxygens (including phenoxy) is 1. The lowest BCUT2D eigenvalue weighted by molar-refractivity contribution is -0.140. The third-order valence-corrected chi connectivity index (χ3v) is 4.18. The highest BCUT2D eigenvalue weighted by Gasteiger charge is 2.34. The van der Waals surface area contributed by atoms with Crippen molar-refractivity contribution < 1.29 is 14.6 Å². The van der Waals surface area contributed by atoms with E-state index in [2.05, 4.69) is 29.2 Å². The number of carbonyl (C=O) groups is 1. The Morgan fingerprint density at radius 1 is 1.32 bits per heavy atom. The summed E-state index contributed by atoms with van der Waals surface area (Å²) in [5, 5.41) is 9.02. The summed E-state index contributed by atoms with van der Waals surface area (Å²) in [5.74, 6) is -0.740. The van der Waals surface area contributed by atoms with Crippen molar-refractivity contribution in [1.29, 1.82) is 0 Å². The van der Waals surface area contributed by atoms with Gasteiger partial charge in [-0.05, 0) is 24.0 Å². The molecule has 1 N–H and O–H groups in total. The standard InChI is InChI=1S/C15H19NO3/c17-15(18)9-14-10-19-6-5-16(14)13-7-11-3-1-2-4-12(11)8-13/h1-4,13-14H,5-10H2,(H,17,18). The second-order valence-corrected chi connectivity index (χ2v) is 5.40. The summed E-state index contributed by atoms with van der Waals surface area (Å²) in [6, 6.07) is 8.98. The van der Waals surface area contributed by atoms with E-state index in [1.165, 1.54) is 11.1 Å². The Morgan fingerprint density at radius 2 is 2.00 bits per heavy atom. The zero-order chi connectivity index (χ0) is 13.2. The van der Waals surface area contributed by atoms with Gasteiger partial charge in [-0.15, -0.1) is 0 Å². The number of fused-ring (bicyclic) bond motifs is 1. The molecule has 0 amide bonds. The van der Waals surface area contributed by atoms with E-state index in [1.54, 1.807) is 0 Å². The second kappa shape index (κ2) is 5.31. The molecule has 1 aromatic rings. The summed E-state index contributed by atoms with van der Waals surface area (Å²) in [6.45, 7) is 2.10. The quantitative estimate of drug-likeness (QED) is 0.892. The summed E-state index contributed by atoms with van der Waals surface area (Å²) in [5.41, 5.74) is 2.82. The van der Waals surface area contributed by atoms with Gasteiger partial charge in [0.2, 0.25) is 0 Å². The molecule has 1 heterocycles. The Hall–Kier alpha value is -1.39. The third-order valence-electron chi connectivity index (χ3n) is 4.18. The van der Waals surface area contributed by atoms with Gasteiger partial charge in [-0.3, -0.25) is 9.69 Å². The van der Waals surface area contributed by atoms with E-state index in [0.717, 1.165) is 19.4 Å². The highest BCUT2D eigenvalue weighted by molar-refractivity contribution is 5.67. The topological polar surface area (TPSA) is 49.8 Å². The maximum Gasteiger partial charge on any atom is 0.305 e. The fraction of sp³-hybridized carbons (Fsp3) is 0.533. The van der Waals surface area contributed by atoms with Crippen LogP contribution in [0.4, 0.5) is 0 Å². The SMILES string of the molecule is O=C(O)CC1COCCN1C1Cc2ccccc2C1. The van der Waals surface area contributed by atoms with Crippen LogP contribution in [0.5, 0.6) is 0 Å². The van der Waals surface area contributed by atoms with Crippen LogP contribution in [0.25, 0.3) is 0 Å². The number of benzene rings is 1. The van der Waals surface area contributed by atoms with Crippen LogP contribution in [0.3, 0.4) is 0 Å². The molecular formula is C15H19NO3. The first-order valence-electron chi connectivity index (χ1n) is 6.86. The van der Waals surface area contributed by atoms with Crippen LogP contribution in [0.15, 0.2) is 24.3 Å². The van der Waals surface area contributed by atoms with Crippen LogP contribution >= 0.6 is 0 Å². The van der Waals surface area contributed by atoms with E-state index in [9.17, 15) is 4.79 Å². The van der Waals surface area contributed by atoms with Crippen LogP contribution < -0.4 is 0 Å². The van der Waals surface area contributed by atoms with Crippen molar-refractivity contribution in [3.63, 3.8) is 0 Å². The number of morpholine rings is 1. The third kappa shape index (κ3) is 2.65. The molecule has 1 aliphatic carbocycles. The lowest BCUT2D eigenvalue weighted by Crippen LogP contribution is -2.51. The summed E-state index contributed by atoms with van der Waals surface area (Å²) >= 11 is 0. The molecule has 0 saturated carbocycles. The van der Waals surface area contributed by atoms with Gasteiger partial charge < -0.3 is 9.84 Å². The minimum Gasteiger partial charge on any atom is -0.481 e. The molecular weight excluding hydrogens is 242 g/mol. The van der Waals surface area contributed by atoms with Crippen molar-refractivity contribution in [3.8, 4) is 0 Å². The van der Waals surface area contributed by atoms with Gasteiger partial charge in [0.15, 0.2) is 0 Å². The summed E-state index contributed by atoms with van der Waals surface area (Å²) < 4.78 is 5.44. The molecule has 102 valence electrons. The first-order valence-corrected chi connectivity index (χ1v) is 6.86. The minimum absolute atomic E-state index is 0.0190. The number of nitrogens with zero attached hydrogens (tertiary/aromatic N) is 1. The number of hydrogen-bond acceptors (Lipinski definition) is 3. The largest absolute Gasteiger partial charge is 0.481 e. The van der Waals surface area contributed by atoms with E-state index < -0.39 is 5.97 Å². The summed E-state index contributed by atoms with van der Waals surface area (Å²) in [7, 11) is 0. The van der Waals surface area contributed by atoms with Crippen LogP contribution in [0, 0.1) is 0 Å². The lowest BCUT2D eigenvalue weighted by atomic mass is 10.1. The van der Waals surface area contributed by atoms with Crippen molar-refractivity contribution in [3.05, 3.63) is 35.4 Å². The Morgan fingerprint density at radius 3 is 2.63 bits per heavy atom. The predicted molar refractivity (Wildman–Crippen MR) is 71.2 cm³/mol. The highest BCUT2D eigenvalue weighted by Crippen LogP contribution is 2.28. The zero-order valence-corrected chi connectivity index (χ0v) is 10.9. The van der Waals surface area contributed by atoms with Gasteiger partial charge in [0.05, 0.1) is 19.6 Å². The average molecular weight is 261 g/mol. The van der Waals surface area contributed by atoms with Crippen LogP contribution in [0.1, 0.15) is 17.5 Å². The molecule has 1 aromatic carbocycles. The molecule has 0 radical (unpaired) electrons. The normalized spacial score (nSPS) is 24.3. The Labute approximate surface area is 113 Å². The van der Waals surface area contributed by atoms with Crippen LogP contribution in [-0.4, -0.2) is 47.8 Å². The fourth-order valence-corrected chi connectivity index (χ4v) is 3.30. The smallest absolute Gasteiger partial charge is 0.305 e. The number of aliphatic carboxylic acids is 1. The molecule has 1 fully saturated rings. The molecule has 1 saturated heterocycles. The molecule has 1 aliphatic heterocycles. The molecule has 3 rings (SSSR count). The molecule has 4 heteroatoms. The van der Waals surface area contributed by atoms with Crippen molar-refractivity contribution in [1.82, 2.24) is 4.90 Å². The van der Waals surface area contributed by atoms with Gasteiger partial charge >= 0.3 is 5.97 Å². The molecule has 1 unspecified atom stereocenters. The molecule has 0 spiro atoms. The van der Waals surface area contributed by atoms with E-state index in [0.29, 0.717) is 19.3 Å². The van der Waals surface area contributed by atoms with Crippen LogP contribution in [0.2, 0.25) is 0 Å². The summed E-state index contributed by atoms with van der Waals surface area (Å²) in [6.07, 6.45) is 2.24. The average Bonchev–Trinajstić information content (AvgIpc) is 2.82. The Kier molecular flexibility index (Phi) is 3.53. The molecule has 1 atom stereocenters. The monoisotopic (exact) mass is 261 g/mol. The van der Waals surface area contributed by atoms with Gasteiger partial charge in [0.1, 0.15) is 0 Å². The predicted octanol–water partition coefficient (Wildman–Crippen LogP) is 1.33. The number of carboxylic acid groups (broad SMARTS) is 1. The Bertz CT molecular complexity index is 449. The molecule has 0 bridgehead atoms. The minimum atomic E-state index is -0.740. The number of rotatable bonds is 3. The van der Waals surface area contributed by atoms with Gasteiger partial charge in [0, 0.05) is 18.6 Å². The van der Waals surface area contributed by atoms with Gasteiger partial charge in [-0.1, -0.05) is 24.3 Å². The van der Waals surface area contributed by atoms with E-state index in [1.807, 2.05) is 0 Å². The lowest BCUT2D eigenvalue weighted by Gasteiger charge is -2.39. The van der Waals surface area contributed by atoms with E-state index in [-0.39, 0.29) is 12.5 Å². The van der Waals surface area contributed by atoms with E-state index >= 15 is 0 Å². The van der Waals surface area contributed by atoms with Crippen molar-refractivity contribution in [2.75, 3.05) is 19.8 Å². The molecule has 19 heavy (non-hydrogen) atoms. The molecule has 0 aromatic heterocycles. The van der Waals surface area contributed by atoms with Gasteiger partial charge in [-0.25, -0.2) is 0 Å². The van der Waals surface area contributed by atoms with Gasteiger partial charge in [0.25, 0.3) is 0 Å². The summed E-state index contributed by atoms with van der Waals surface area (Å²) in [4.78, 5) is 13.3. The molecule has 4 nitrogen and oxygen atoms in total. The van der Waals surface area contributed by atoms with Crippen molar-refractivity contribution >= 4 is 5.97 Å². The first kappa shape index (κ1) is 12.6. The fourth-order valence-electron chi connectivity index (χ4n) is 3.30. The van der Waals surface area contributed by atoms with Crippen molar-refractivity contribution in [2.45, 2.75) is 31.3 Å². The van der Waals surface area contributed by atoms with Crippen molar-refractivity contribution in [2.24, 2.45) is 0 Å². The number of carboxylic acids is 1. The second-order valence-electron chi connectivity index (χ2n) is 5.40. The maximum absolute atomic E-state index is 11.0.